The molecule has 2 aliphatic rings. The van der Waals surface area contributed by atoms with Gasteiger partial charge in [0.15, 0.2) is 0 Å². The Balaban J connectivity index is 1.80. The van der Waals surface area contributed by atoms with Gasteiger partial charge in [0.25, 0.3) is 0 Å². The maximum Gasteiger partial charge on any atom is 0.132 e. The molecular formula is C20H28N6O. The number of nitrogens with two attached hydrogens (primary N) is 1. The van der Waals surface area contributed by atoms with Crippen molar-refractivity contribution in [2.75, 3.05) is 31.6 Å². The van der Waals surface area contributed by atoms with Crippen LogP contribution in [-0.4, -0.2) is 48.5 Å². The lowest BCUT2D eigenvalue weighted by Crippen LogP contribution is -2.41. The Hall–Kier alpha value is -2.67. The SMILES string of the molecule is CN/C=C(\C)C1=CC=C(N)C(C(=N)c2cc(N3CCO[C@@H](C)C3)ncn2)C1. The maximum atomic E-state index is 8.72. The zero-order valence-corrected chi connectivity index (χ0v) is 16.2. The molecule has 27 heavy (non-hydrogen) atoms. The van der Waals surface area contributed by atoms with Gasteiger partial charge < -0.3 is 26.1 Å². The highest BCUT2D eigenvalue weighted by atomic mass is 16.5. The van der Waals surface area contributed by atoms with Crippen molar-refractivity contribution in [3.05, 3.63) is 53.3 Å². The third-order valence-electron chi connectivity index (χ3n) is 5.01. The van der Waals surface area contributed by atoms with Crippen LogP contribution in [-0.2, 0) is 4.74 Å². The van der Waals surface area contributed by atoms with E-state index < -0.39 is 0 Å². The van der Waals surface area contributed by atoms with Crippen LogP contribution in [0.2, 0.25) is 0 Å². The molecule has 7 nitrogen and oxygen atoms in total. The molecule has 1 fully saturated rings. The molecule has 0 amide bonds. The summed E-state index contributed by atoms with van der Waals surface area (Å²) < 4.78 is 5.60. The second-order valence-electron chi connectivity index (χ2n) is 7.03. The molecule has 1 aliphatic heterocycles. The number of hydrogen-bond donors (Lipinski definition) is 3. The molecule has 1 unspecified atom stereocenters. The first kappa shape index (κ1) is 19.1. The van der Waals surface area contributed by atoms with Crippen LogP contribution in [0.5, 0.6) is 0 Å². The summed E-state index contributed by atoms with van der Waals surface area (Å²) in [7, 11) is 1.88. The normalized spacial score (nSPS) is 23.5. The van der Waals surface area contributed by atoms with Gasteiger partial charge in [0, 0.05) is 37.8 Å². The Morgan fingerprint density at radius 2 is 2.22 bits per heavy atom. The standard InChI is InChI=1S/C20H28N6O/c1-13(10-23-3)15-4-5-17(21)16(8-15)20(22)18-9-19(25-12-24-18)26-6-7-27-14(2)11-26/h4-5,9-10,12,14,16,22-23H,6-8,11,21H2,1-3H3/b13-10+,22-20?/t14-,16?/m0/s1. The molecule has 7 heteroatoms. The Kier molecular flexibility index (Phi) is 5.91. The van der Waals surface area contributed by atoms with E-state index in [0.717, 1.165) is 24.5 Å². The largest absolute Gasteiger partial charge is 0.401 e. The van der Waals surface area contributed by atoms with Gasteiger partial charge >= 0.3 is 0 Å². The lowest BCUT2D eigenvalue weighted by Gasteiger charge is -2.32. The molecule has 1 saturated heterocycles. The van der Waals surface area contributed by atoms with E-state index >= 15 is 0 Å². The third kappa shape index (κ3) is 4.36. The molecule has 0 bridgehead atoms. The van der Waals surface area contributed by atoms with Crippen molar-refractivity contribution >= 4 is 11.5 Å². The van der Waals surface area contributed by atoms with Gasteiger partial charge in [-0.05, 0) is 43.7 Å². The number of morpholine rings is 1. The number of anilines is 1. The quantitative estimate of drug-likeness (QED) is 0.687. The fourth-order valence-corrected chi connectivity index (χ4v) is 3.46. The molecule has 2 atom stereocenters. The van der Waals surface area contributed by atoms with Crippen LogP contribution >= 0.6 is 0 Å². The van der Waals surface area contributed by atoms with E-state index in [2.05, 4.69) is 34.0 Å². The molecule has 1 aromatic rings. The van der Waals surface area contributed by atoms with Crippen molar-refractivity contribution in [2.24, 2.45) is 11.7 Å². The summed E-state index contributed by atoms with van der Waals surface area (Å²) in [5.74, 6) is 0.650. The average Bonchev–Trinajstić information content (AvgIpc) is 2.68. The van der Waals surface area contributed by atoms with Gasteiger partial charge in [-0.1, -0.05) is 6.08 Å². The van der Waals surface area contributed by atoms with Gasteiger partial charge in [-0.2, -0.15) is 0 Å². The van der Waals surface area contributed by atoms with Crippen LogP contribution in [0.25, 0.3) is 0 Å². The van der Waals surface area contributed by atoms with Gasteiger partial charge in [0.05, 0.1) is 24.1 Å². The van der Waals surface area contributed by atoms with Crippen molar-refractivity contribution in [1.82, 2.24) is 15.3 Å². The van der Waals surface area contributed by atoms with Crippen molar-refractivity contribution in [3.63, 3.8) is 0 Å². The van der Waals surface area contributed by atoms with Crippen LogP contribution < -0.4 is 16.0 Å². The van der Waals surface area contributed by atoms with Crippen molar-refractivity contribution in [3.8, 4) is 0 Å². The molecule has 0 radical (unpaired) electrons. The Bertz CT molecular complexity index is 797. The van der Waals surface area contributed by atoms with E-state index in [1.165, 1.54) is 11.9 Å². The first-order valence-corrected chi connectivity index (χ1v) is 9.27. The van der Waals surface area contributed by atoms with E-state index in [1.54, 1.807) is 0 Å². The summed E-state index contributed by atoms with van der Waals surface area (Å²) >= 11 is 0. The minimum Gasteiger partial charge on any atom is -0.401 e. The van der Waals surface area contributed by atoms with Crippen LogP contribution in [0.4, 0.5) is 5.82 Å². The van der Waals surface area contributed by atoms with Gasteiger partial charge in [-0.3, -0.25) is 0 Å². The molecule has 3 rings (SSSR count). The van der Waals surface area contributed by atoms with Crippen LogP contribution in [0.15, 0.2) is 47.6 Å². The Morgan fingerprint density at radius 1 is 1.41 bits per heavy atom. The molecule has 1 aliphatic carbocycles. The summed E-state index contributed by atoms with van der Waals surface area (Å²) in [6, 6.07) is 1.89. The van der Waals surface area contributed by atoms with E-state index in [4.69, 9.17) is 15.9 Å². The monoisotopic (exact) mass is 368 g/mol. The highest BCUT2D eigenvalue weighted by Crippen LogP contribution is 2.29. The molecule has 2 heterocycles. The summed E-state index contributed by atoms with van der Waals surface area (Å²) in [6.45, 7) is 6.37. The van der Waals surface area contributed by atoms with Gasteiger partial charge in [-0.15, -0.1) is 0 Å². The predicted octanol–water partition coefficient (Wildman–Crippen LogP) is 1.98. The smallest absolute Gasteiger partial charge is 0.132 e. The maximum absolute atomic E-state index is 8.72. The van der Waals surface area contributed by atoms with Crippen LogP contribution in [0.1, 0.15) is 26.0 Å². The fourth-order valence-electron chi connectivity index (χ4n) is 3.46. The first-order valence-electron chi connectivity index (χ1n) is 9.27. The average molecular weight is 368 g/mol. The topological polar surface area (TPSA) is 100 Å². The second-order valence-corrected chi connectivity index (χ2v) is 7.03. The second kappa shape index (κ2) is 8.35. The number of rotatable bonds is 5. The summed E-state index contributed by atoms with van der Waals surface area (Å²) in [5.41, 5.74) is 10.3. The summed E-state index contributed by atoms with van der Waals surface area (Å²) in [4.78, 5) is 10.9. The highest BCUT2D eigenvalue weighted by molar-refractivity contribution is 6.00. The number of allylic oxidation sites excluding steroid dienone is 5. The van der Waals surface area contributed by atoms with E-state index in [9.17, 15) is 0 Å². The highest BCUT2D eigenvalue weighted by Gasteiger charge is 2.25. The van der Waals surface area contributed by atoms with E-state index in [-0.39, 0.29) is 12.0 Å². The predicted molar refractivity (Wildman–Crippen MR) is 108 cm³/mol. The first-order chi connectivity index (χ1) is 13.0. The fraction of sp³-hybridized carbons (Fsp3) is 0.450. The van der Waals surface area contributed by atoms with Crippen molar-refractivity contribution in [1.29, 1.82) is 5.41 Å². The van der Waals surface area contributed by atoms with Crippen LogP contribution in [0.3, 0.4) is 0 Å². The number of hydrogen-bond acceptors (Lipinski definition) is 7. The van der Waals surface area contributed by atoms with Crippen molar-refractivity contribution < 1.29 is 4.74 Å². The van der Waals surface area contributed by atoms with Gasteiger partial charge in [-0.25, -0.2) is 9.97 Å². The summed E-state index contributed by atoms with van der Waals surface area (Å²) in [5, 5.41) is 11.8. The summed E-state index contributed by atoms with van der Waals surface area (Å²) in [6.07, 6.45) is 8.29. The van der Waals surface area contributed by atoms with Crippen molar-refractivity contribution in [2.45, 2.75) is 26.4 Å². The lowest BCUT2D eigenvalue weighted by atomic mass is 9.84. The Morgan fingerprint density at radius 3 is 2.96 bits per heavy atom. The zero-order valence-electron chi connectivity index (χ0n) is 16.2. The number of nitrogens with one attached hydrogen (secondary N) is 2. The lowest BCUT2D eigenvalue weighted by molar-refractivity contribution is 0.0529. The third-order valence-corrected chi connectivity index (χ3v) is 5.01. The molecule has 0 aromatic carbocycles. The minimum atomic E-state index is -0.184. The molecule has 0 spiro atoms. The van der Waals surface area contributed by atoms with Crippen LogP contribution in [0, 0.1) is 11.3 Å². The molecule has 0 saturated carbocycles. The van der Waals surface area contributed by atoms with E-state index in [1.807, 2.05) is 31.5 Å². The zero-order chi connectivity index (χ0) is 19.4. The number of nitrogens with zero attached hydrogens (tertiary/aromatic N) is 3. The molecule has 4 N–H and O–H groups in total. The Labute approximate surface area is 160 Å². The van der Waals surface area contributed by atoms with Gasteiger partial charge in [0.2, 0.25) is 0 Å². The molecule has 1 aromatic heterocycles. The molecule has 144 valence electrons. The van der Waals surface area contributed by atoms with Gasteiger partial charge in [0.1, 0.15) is 12.1 Å². The number of aromatic nitrogens is 2. The number of ether oxygens (including phenoxy) is 1. The molecular weight excluding hydrogens is 340 g/mol. The van der Waals surface area contributed by atoms with E-state index in [0.29, 0.717) is 30.1 Å². The minimum absolute atomic E-state index is 0.170.